The van der Waals surface area contributed by atoms with Crippen LogP contribution in [-0.4, -0.2) is 11.1 Å². The highest BCUT2D eigenvalue weighted by Crippen LogP contribution is 2.45. The summed E-state index contributed by atoms with van der Waals surface area (Å²) in [6.07, 6.45) is 6.66. The first-order chi connectivity index (χ1) is 8.51. The summed E-state index contributed by atoms with van der Waals surface area (Å²) in [6.45, 7) is 0. The number of hydrogen-bond acceptors (Lipinski definition) is 2. The van der Waals surface area contributed by atoms with Crippen LogP contribution in [0.25, 0.3) is 0 Å². The first-order valence-electron chi connectivity index (χ1n) is 6.16. The van der Waals surface area contributed by atoms with E-state index in [4.69, 9.17) is 16.7 Å². The summed E-state index contributed by atoms with van der Waals surface area (Å²) < 4.78 is 0.970. The van der Waals surface area contributed by atoms with Gasteiger partial charge in [0.15, 0.2) is 0 Å². The minimum absolute atomic E-state index is 0.0226. The topological polar surface area (TPSA) is 37.3 Å². The first kappa shape index (κ1) is 14.4. The van der Waals surface area contributed by atoms with Gasteiger partial charge in [-0.3, -0.25) is 4.79 Å². The van der Waals surface area contributed by atoms with Crippen molar-refractivity contribution in [2.75, 3.05) is 0 Å². The number of aliphatic carboxylic acids is 1. The monoisotopic (exact) mass is 350 g/mol. The lowest BCUT2D eigenvalue weighted by molar-refractivity contribution is -0.139. The van der Waals surface area contributed by atoms with Gasteiger partial charge in [0.2, 0.25) is 0 Å². The maximum Gasteiger partial charge on any atom is 0.303 e. The van der Waals surface area contributed by atoms with Gasteiger partial charge >= 0.3 is 5.97 Å². The Morgan fingerprint density at radius 2 is 2.17 bits per heavy atom. The Labute approximate surface area is 124 Å². The number of carbonyl (C=O) groups is 1. The van der Waals surface area contributed by atoms with Crippen LogP contribution in [0.1, 0.15) is 43.4 Å². The molecule has 0 aliphatic heterocycles. The molecule has 5 heteroatoms. The van der Waals surface area contributed by atoms with E-state index in [9.17, 15) is 4.79 Å². The van der Waals surface area contributed by atoms with Crippen LogP contribution in [0, 0.1) is 5.41 Å². The molecular weight excluding hydrogens is 336 g/mol. The third kappa shape index (κ3) is 3.49. The van der Waals surface area contributed by atoms with E-state index in [0.29, 0.717) is 6.42 Å². The van der Waals surface area contributed by atoms with Crippen molar-refractivity contribution in [1.82, 2.24) is 0 Å². The number of aryl methyl sites for hydroxylation is 1. The van der Waals surface area contributed by atoms with Gasteiger partial charge < -0.3 is 5.11 Å². The molecule has 0 atom stereocenters. The van der Waals surface area contributed by atoms with Crippen molar-refractivity contribution in [3.05, 3.63) is 19.8 Å². The highest BCUT2D eigenvalue weighted by atomic mass is 79.9. The molecule has 1 fully saturated rings. The Hall–Kier alpha value is -0.0600. The lowest BCUT2D eigenvalue weighted by Gasteiger charge is -2.26. The van der Waals surface area contributed by atoms with E-state index in [-0.39, 0.29) is 5.41 Å². The fraction of sp³-hybridized carbons (Fsp3) is 0.615. The van der Waals surface area contributed by atoms with E-state index in [1.165, 1.54) is 17.7 Å². The van der Waals surface area contributed by atoms with Crippen molar-refractivity contribution in [2.24, 2.45) is 5.41 Å². The quantitative estimate of drug-likeness (QED) is 0.798. The Kier molecular flexibility index (Phi) is 4.73. The predicted octanol–water partition coefficient (Wildman–Crippen LogP) is 5.13. The van der Waals surface area contributed by atoms with Crippen molar-refractivity contribution in [3.8, 4) is 0 Å². The average Bonchev–Trinajstić information content (AvgIpc) is 2.85. The SMILES string of the molecule is O=C(O)CC1(CCc2cc(Cl)c(Br)s2)CCCC1. The standard InChI is InChI=1S/C13H16BrClO2S/c14-12-10(15)7-9(18-12)3-6-13(8-11(16)17)4-1-2-5-13/h7H,1-6,8H2,(H,16,17). The molecule has 0 saturated heterocycles. The molecule has 0 bridgehead atoms. The summed E-state index contributed by atoms with van der Waals surface area (Å²) in [5, 5.41) is 9.82. The van der Waals surface area contributed by atoms with Gasteiger partial charge in [0, 0.05) is 4.88 Å². The lowest BCUT2D eigenvalue weighted by atomic mass is 9.78. The van der Waals surface area contributed by atoms with Gasteiger partial charge in [-0.05, 0) is 53.1 Å². The molecule has 0 spiro atoms. The summed E-state index contributed by atoms with van der Waals surface area (Å²) in [4.78, 5) is 12.2. The molecule has 2 rings (SSSR count). The van der Waals surface area contributed by atoms with Crippen molar-refractivity contribution in [1.29, 1.82) is 0 Å². The molecule has 1 saturated carbocycles. The van der Waals surface area contributed by atoms with Crippen LogP contribution in [0.3, 0.4) is 0 Å². The highest BCUT2D eigenvalue weighted by Gasteiger charge is 2.35. The third-order valence-corrected chi connectivity index (χ3v) is 6.32. The second kappa shape index (κ2) is 5.93. The largest absolute Gasteiger partial charge is 0.481 e. The predicted molar refractivity (Wildman–Crippen MR) is 78.5 cm³/mol. The van der Waals surface area contributed by atoms with Gasteiger partial charge in [0.1, 0.15) is 0 Å². The molecule has 1 aliphatic carbocycles. The molecule has 0 radical (unpaired) electrons. The van der Waals surface area contributed by atoms with Crippen LogP contribution in [0.4, 0.5) is 0 Å². The van der Waals surface area contributed by atoms with Crippen molar-refractivity contribution in [3.63, 3.8) is 0 Å². The molecule has 1 heterocycles. The van der Waals surface area contributed by atoms with E-state index in [1.807, 2.05) is 6.07 Å². The molecule has 0 aromatic carbocycles. The minimum atomic E-state index is -0.665. The molecular formula is C13H16BrClO2S. The number of halogens is 2. The summed E-state index contributed by atoms with van der Waals surface area (Å²) in [5.41, 5.74) is 0.0226. The van der Waals surface area contributed by atoms with Crippen molar-refractivity contribution in [2.45, 2.75) is 44.9 Å². The molecule has 100 valence electrons. The van der Waals surface area contributed by atoms with Crippen LogP contribution >= 0.6 is 38.9 Å². The first-order valence-corrected chi connectivity index (χ1v) is 8.15. The second-order valence-electron chi connectivity index (χ2n) is 5.11. The lowest BCUT2D eigenvalue weighted by Crippen LogP contribution is -2.21. The van der Waals surface area contributed by atoms with Gasteiger partial charge in [0.05, 0.1) is 15.2 Å². The fourth-order valence-electron chi connectivity index (χ4n) is 2.86. The van der Waals surface area contributed by atoms with E-state index in [2.05, 4.69) is 15.9 Å². The maximum atomic E-state index is 11.0. The van der Waals surface area contributed by atoms with E-state index < -0.39 is 5.97 Å². The van der Waals surface area contributed by atoms with Gasteiger partial charge in [-0.1, -0.05) is 24.4 Å². The minimum Gasteiger partial charge on any atom is -0.481 e. The number of carboxylic acids is 1. The van der Waals surface area contributed by atoms with Gasteiger partial charge in [-0.15, -0.1) is 11.3 Å². The normalized spacial score (nSPS) is 18.1. The molecule has 1 N–H and O–H groups in total. The molecule has 0 amide bonds. The Balaban J connectivity index is 1.99. The maximum absolute atomic E-state index is 11.0. The van der Waals surface area contributed by atoms with Crippen molar-refractivity contribution >= 4 is 44.8 Å². The van der Waals surface area contributed by atoms with Crippen LogP contribution < -0.4 is 0 Å². The number of rotatable bonds is 5. The van der Waals surface area contributed by atoms with E-state index in [0.717, 1.165) is 34.5 Å². The highest BCUT2D eigenvalue weighted by molar-refractivity contribution is 9.11. The zero-order valence-electron chi connectivity index (χ0n) is 10.0. The van der Waals surface area contributed by atoms with Crippen LogP contribution in [-0.2, 0) is 11.2 Å². The van der Waals surface area contributed by atoms with Crippen LogP contribution in [0.15, 0.2) is 9.85 Å². The molecule has 2 nitrogen and oxygen atoms in total. The smallest absolute Gasteiger partial charge is 0.303 e. The fourth-order valence-corrected chi connectivity index (χ4v) is 4.68. The van der Waals surface area contributed by atoms with Gasteiger partial charge in [0.25, 0.3) is 0 Å². The van der Waals surface area contributed by atoms with E-state index >= 15 is 0 Å². The number of thiophene rings is 1. The van der Waals surface area contributed by atoms with Crippen LogP contribution in [0.5, 0.6) is 0 Å². The van der Waals surface area contributed by atoms with Crippen LogP contribution in [0.2, 0.25) is 5.02 Å². The molecule has 18 heavy (non-hydrogen) atoms. The Morgan fingerprint density at radius 3 is 2.67 bits per heavy atom. The van der Waals surface area contributed by atoms with E-state index in [1.54, 1.807) is 11.3 Å². The summed E-state index contributed by atoms with van der Waals surface area (Å²) in [6, 6.07) is 1.99. The number of carboxylic acid groups (broad SMARTS) is 1. The summed E-state index contributed by atoms with van der Waals surface area (Å²) >= 11 is 11.1. The zero-order valence-corrected chi connectivity index (χ0v) is 13.2. The summed E-state index contributed by atoms with van der Waals surface area (Å²) in [5.74, 6) is -0.665. The van der Waals surface area contributed by atoms with Gasteiger partial charge in [-0.25, -0.2) is 0 Å². The zero-order chi connectivity index (χ0) is 13.2. The molecule has 0 unspecified atom stereocenters. The Bertz CT molecular complexity index is 419. The number of hydrogen-bond donors (Lipinski definition) is 1. The second-order valence-corrected chi connectivity index (χ2v) is 7.97. The average molecular weight is 352 g/mol. The van der Waals surface area contributed by atoms with Crippen molar-refractivity contribution < 1.29 is 9.90 Å². The molecule has 1 aromatic rings. The molecule has 1 aliphatic rings. The summed E-state index contributed by atoms with van der Waals surface area (Å²) in [7, 11) is 0. The third-order valence-electron chi connectivity index (χ3n) is 3.79. The van der Waals surface area contributed by atoms with Gasteiger partial charge in [-0.2, -0.15) is 0 Å². The Morgan fingerprint density at radius 1 is 1.50 bits per heavy atom. The molecule has 1 aromatic heterocycles.